The highest BCUT2D eigenvalue weighted by Gasteiger charge is 2.45. The van der Waals surface area contributed by atoms with Crippen molar-refractivity contribution in [1.82, 2.24) is 4.90 Å². The topological polar surface area (TPSA) is 32.7 Å². The van der Waals surface area contributed by atoms with Crippen LogP contribution in [0.15, 0.2) is 29.3 Å². The van der Waals surface area contributed by atoms with E-state index in [0.29, 0.717) is 0 Å². The van der Waals surface area contributed by atoms with Crippen molar-refractivity contribution in [1.29, 1.82) is 0 Å². The van der Waals surface area contributed by atoms with Crippen molar-refractivity contribution in [3.05, 3.63) is 35.4 Å². The van der Waals surface area contributed by atoms with Crippen molar-refractivity contribution < 1.29 is 4.79 Å². The van der Waals surface area contributed by atoms with E-state index in [1.54, 1.807) is 6.08 Å². The Morgan fingerprint density at radius 1 is 1.38 bits per heavy atom. The third-order valence-electron chi connectivity index (χ3n) is 2.99. The SMILES string of the molecule is CN(C)Cc1ccccc1C1(N=C=O)CC1. The van der Waals surface area contributed by atoms with E-state index in [2.05, 4.69) is 22.0 Å². The van der Waals surface area contributed by atoms with Crippen molar-refractivity contribution >= 4 is 6.08 Å². The average molecular weight is 216 g/mol. The fourth-order valence-corrected chi connectivity index (χ4v) is 2.10. The van der Waals surface area contributed by atoms with Crippen LogP contribution < -0.4 is 0 Å². The van der Waals surface area contributed by atoms with Crippen molar-refractivity contribution in [3.8, 4) is 0 Å². The lowest BCUT2D eigenvalue weighted by Crippen LogP contribution is -2.15. The summed E-state index contributed by atoms with van der Waals surface area (Å²) in [7, 11) is 4.08. The first-order valence-corrected chi connectivity index (χ1v) is 5.50. The highest BCUT2D eigenvalue weighted by molar-refractivity contribution is 5.44. The van der Waals surface area contributed by atoms with E-state index in [1.165, 1.54) is 11.1 Å². The predicted molar refractivity (Wildman–Crippen MR) is 62.9 cm³/mol. The fourth-order valence-electron chi connectivity index (χ4n) is 2.10. The molecular formula is C13H16N2O. The Morgan fingerprint density at radius 2 is 2.06 bits per heavy atom. The minimum Gasteiger partial charge on any atom is -0.305 e. The van der Waals surface area contributed by atoms with Gasteiger partial charge in [0.25, 0.3) is 0 Å². The molecule has 0 aliphatic heterocycles. The van der Waals surface area contributed by atoms with Crippen molar-refractivity contribution in [2.24, 2.45) is 4.99 Å². The van der Waals surface area contributed by atoms with E-state index in [1.807, 2.05) is 26.2 Å². The molecule has 0 unspecified atom stereocenters. The normalized spacial score (nSPS) is 16.9. The van der Waals surface area contributed by atoms with Crippen LogP contribution in [0, 0.1) is 0 Å². The Labute approximate surface area is 95.8 Å². The first kappa shape index (κ1) is 11.1. The summed E-state index contributed by atoms with van der Waals surface area (Å²) in [5.74, 6) is 0. The van der Waals surface area contributed by atoms with Gasteiger partial charge in [-0.3, -0.25) is 0 Å². The number of hydrogen-bond acceptors (Lipinski definition) is 3. The highest BCUT2D eigenvalue weighted by atomic mass is 16.1. The molecule has 3 nitrogen and oxygen atoms in total. The summed E-state index contributed by atoms with van der Waals surface area (Å²) in [4.78, 5) is 16.6. The van der Waals surface area contributed by atoms with Crippen LogP contribution >= 0.6 is 0 Å². The summed E-state index contributed by atoms with van der Waals surface area (Å²) in [6.07, 6.45) is 3.64. The van der Waals surface area contributed by atoms with Crippen LogP contribution in [-0.2, 0) is 16.9 Å². The number of nitrogens with zero attached hydrogens (tertiary/aromatic N) is 2. The molecule has 0 bridgehead atoms. The third-order valence-corrected chi connectivity index (χ3v) is 2.99. The fraction of sp³-hybridized carbons (Fsp3) is 0.462. The molecule has 3 heteroatoms. The molecule has 1 fully saturated rings. The van der Waals surface area contributed by atoms with E-state index in [0.717, 1.165) is 19.4 Å². The van der Waals surface area contributed by atoms with Crippen molar-refractivity contribution in [3.63, 3.8) is 0 Å². The Morgan fingerprint density at radius 3 is 2.62 bits per heavy atom. The second-order valence-corrected chi connectivity index (χ2v) is 4.63. The minimum atomic E-state index is -0.256. The molecule has 0 spiro atoms. The van der Waals surface area contributed by atoms with Gasteiger partial charge >= 0.3 is 0 Å². The molecule has 0 aromatic heterocycles. The summed E-state index contributed by atoms with van der Waals surface area (Å²) >= 11 is 0. The number of rotatable bonds is 4. The molecule has 0 radical (unpaired) electrons. The van der Waals surface area contributed by atoms with Gasteiger partial charge in [-0.1, -0.05) is 24.3 Å². The van der Waals surface area contributed by atoms with Gasteiger partial charge in [-0.15, -0.1) is 0 Å². The average Bonchev–Trinajstić information content (AvgIpc) is 2.99. The molecule has 1 saturated carbocycles. The molecule has 0 N–H and O–H groups in total. The summed E-state index contributed by atoms with van der Waals surface area (Å²) in [6.45, 7) is 0.881. The van der Waals surface area contributed by atoms with Gasteiger partial charge in [0.2, 0.25) is 6.08 Å². The smallest absolute Gasteiger partial charge is 0.235 e. The predicted octanol–water partition coefficient (Wildman–Crippen LogP) is 2.07. The Bertz CT molecular complexity index is 429. The van der Waals surface area contributed by atoms with Crippen LogP contribution in [0.5, 0.6) is 0 Å². The van der Waals surface area contributed by atoms with Gasteiger partial charge in [-0.2, -0.15) is 4.99 Å². The zero-order valence-corrected chi connectivity index (χ0v) is 9.73. The molecule has 0 atom stereocenters. The van der Waals surface area contributed by atoms with Crippen LogP contribution in [0.4, 0.5) is 0 Å². The summed E-state index contributed by atoms with van der Waals surface area (Å²) in [6, 6.07) is 8.22. The summed E-state index contributed by atoms with van der Waals surface area (Å²) < 4.78 is 0. The standard InChI is InChI=1S/C13H16N2O/c1-15(2)9-11-5-3-4-6-12(11)13(7-8-13)14-10-16/h3-6H,7-9H2,1-2H3. The van der Waals surface area contributed by atoms with Gasteiger partial charge < -0.3 is 4.90 Å². The zero-order chi connectivity index (χ0) is 11.6. The summed E-state index contributed by atoms with van der Waals surface area (Å²) in [5, 5.41) is 0. The monoisotopic (exact) mass is 216 g/mol. The van der Waals surface area contributed by atoms with E-state index in [4.69, 9.17) is 0 Å². The maximum absolute atomic E-state index is 10.5. The Hall–Kier alpha value is -1.44. The maximum atomic E-state index is 10.5. The third kappa shape index (κ3) is 2.06. The zero-order valence-electron chi connectivity index (χ0n) is 9.73. The lowest BCUT2D eigenvalue weighted by Gasteiger charge is -2.17. The molecule has 0 saturated heterocycles. The van der Waals surface area contributed by atoms with Crippen LogP contribution in [0.3, 0.4) is 0 Å². The lowest BCUT2D eigenvalue weighted by molar-refractivity contribution is 0.399. The molecule has 2 rings (SSSR count). The molecule has 1 aliphatic carbocycles. The molecule has 1 aromatic rings. The van der Waals surface area contributed by atoms with Crippen LogP contribution in [0.2, 0.25) is 0 Å². The van der Waals surface area contributed by atoms with E-state index in [9.17, 15) is 4.79 Å². The molecule has 16 heavy (non-hydrogen) atoms. The quantitative estimate of drug-likeness (QED) is 0.570. The van der Waals surface area contributed by atoms with Gasteiger partial charge in [-0.05, 0) is 38.1 Å². The number of benzene rings is 1. The van der Waals surface area contributed by atoms with Gasteiger partial charge in [0.15, 0.2) is 0 Å². The van der Waals surface area contributed by atoms with Crippen LogP contribution in [-0.4, -0.2) is 25.1 Å². The summed E-state index contributed by atoms with van der Waals surface area (Å²) in [5.41, 5.74) is 2.19. The maximum Gasteiger partial charge on any atom is 0.235 e. The molecule has 0 amide bonds. The first-order valence-electron chi connectivity index (χ1n) is 5.50. The Kier molecular flexibility index (Phi) is 2.90. The molecular weight excluding hydrogens is 200 g/mol. The van der Waals surface area contributed by atoms with Crippen LogP contribution in [0.1, 0.15) is 24.0 Å². The van der Waals surface area contributed by atoms with Crippen molar-refractivity contribution in [2.45, 2.75) is 24.9 Å². The minimum absolute atomic E-state index is 0.256. The molecule has 84 valence electrons. The number of carbonyl (C=O) groups excluding carboxylic acids is 1. The molecule has 1 aliphatic rings. The first-order chi connectivity index (χ1) is 7.68. The largest absolute Gasteiger partial charge is 0.305 e. The van der Waals surface area contributed by atoms with Gasteiger partial charge in [0.1, 0.15) is 0 Å². The van der Waals surface area contributed by atoms with Gasteiger partial charge in [-0.25, -0.2) is 4.79 Å². The van der Waals surface area contributed by atoms with Gasteiger partial charge in [0.05, 0.1) is 5.54 Å². The second-order valence-electron chi connectivity index (χ2n) is 4.63. The molecule has 1 aromatic carbocycles. The van der Waals surface area contributed by atoms with Crippen LogP contribution in [0.25, 0.3) is 0 Å². The second kappa shape index (κ2) is 4.20. The number of hydrogen-bond donors (Lipinski definition) is 0. The van der Waals surface area contributed by atoms with E-state index in [-0.39, 0.29) is 5.54 Å². The number of aliphatic imine (C=N–C) groups is 1. The Balaban J connectivity index is 2.37. The molecule has 0 heterocycles. The number of isocyanates is 1. The van der Waals surface area contributed by atoms with Crippen molar-refractivity contribution in [2.75, 3.05) is 14.1 Å². The van der Waals surface area contributed by atoms with Gasteiger partial charge in [0, 0.05) is 6.54 Å². The lowest BCUT2D eigenvalue weighted by atomic mass is 9.98. The van der Waals surface area contributed by atoms with E-state index < -0.39 is 0 Å². The highest BCUT2D eigenvalue weighted by Crippen LogP contribution is 2.50. The van der Waals surface area contributed by atoms with E-state index >= 15 is 0 Å².